The molecule has 0 aromatic heterocycles. The van der Waals surface area contributed by atoms with E-state index < -0.39 is 0 Å². The molecular weight excluding hydrogens is 448 g/mol. The number of allylic oxidation sites excluding steroid dienone is 2. The van der Waals surface area contributed by atoms with E-state index in [1.807, 2.05) is 12.1 Å². The van der Waals surface area contributed by atoms with Gasteiger partial charge >= 0.3 is 0 Å². The molecule has 4 rings (SSSR count). The Morgan fingerprint density at radius 1 is 0.806 bits per heavy atom. The fourth-order valence-corrected chi connectivity index (χ4v) is 3.62. The van der Waals surface area contributed by atoms with E-state index in [9.17, 15) is 9.59 Å². The minimum atomic E-state index is -0.0820. The van der Waals surface area contributed by atoms with Crippen LogP contribution in [-0.2, 0) is 29.9 Å². The maximum atomic E-state index is 11.8. The van der Waals surface area contributed by atoms with Crippen LogP contribution in [0, 0.1) is 0 Å². The fraction of sp³-hybridized carbons (Fsp3) is 0.250. The first-order chi connectivity index (χ1) is 14.5. The Kier molecular flexibility index (Phi) is 8.48. The summed E-state index contributed by atoms with van der Waals surface area (Å²) in [4.78, 5) is 23.4. The second-order valence-corrected chi connectivity index (χ2v) is 7.09. The van der Waals surface area contributed by atoms with E-state index in [2.05, 4.69) is 0 Å². The summed E-state index contributed by atoms with van der Waals surface area (Å²) >= 11 is 0. The van der Waals surface area contributed by atoms with Crippen LogP contribution in [0.15, 0.2) is 60.1 Å². The summed E-state index contributed by atoms with van der Waals surface area (Å²) in [6.45, 7) is 0. The zero-order chi connectivity index (χ0) is 21.7. The number of carbonyl (C=O) groups excluding carboxylic acids is 2. The molecule has 0 aliphatic heterocycles. The number of rotatable bonds is 2. The molecule has 167 valence electrons. The number of ether oxygens (including phenoxy) is 2. The Bertz CT molecular complexity index is 1040. The standard InChI is InChI=1S/2C12H12O3.Cu/c1-15-10-2-3-11-9(6-10)4-8(7-13)5-12(11)14;1-15-10-4-5-11-8(6-10)2-3-9(7-13)12(11)14;/h2-3,6-7,13H,4-5H2,1H3;4-7,13H,2-3H2,1H3;/b8-7+;9-7-;. The van der Waals surface area contributed by atoms with Gasteiger partial charge < -0.3 is 19.7 Å². The number of benzene rings is 2. The normalized spacial score (nSPS) is 17.1. The molecule has 0 fully saturated rings. The molecule has 0 unspecified atom stereocenters. The number of aryl methyl sites for hydroxylation is 1. The Morgan fingerprint density at radius 3 is 2.00 bits per heavy atom. The molecule has 0 amide bonds. The molecule has 2 N–H and O–H groups in total. The van der Waals surface area contributed by atoms with Gasteiger partial charge in [0.05, 0.1) is 26.7 Å². The van der Waals surface area contributed by atoms with Crippen molar-refractivity contribution >= 4 is 11.6 Å². The molecule has 7 heteroatoms. The number of ketones is 2. The molecule has 2 aliphatic carbocycles. The van der Waals surface area contributed by atoms with E-state index in [1.54, 1.807) is 38.5 Å². The van der Waals surface area contributed by atoms with Gasteiger partial charge in [0, 0.05) is 40.2 Å². The van der Waals surface area contributed by atoms with Crippen LogP contribution >= 0.6 is 0 Å². The summed E-state index contributed by atoms with van der Waals surface area (Å²) in [6, 6.07) is 10.8. The van der Waals surface area contributed by atoms with Crippen molar-refractivity contribution in [3.63, 3.8) is 0 Å². The van der Waals surface area contributed by atoms with Crippen LogP contribution < -0.4 is 9.47 Å². The predicted octanol–water partition coefficient (Wildman–Crippen LogP) is 4.53. The van der Waals surface area contributed by atoms with Crippen LogP contribution in [0.2, 0.25) is 0 Å². The maximum absolute atomic E-state index is 11.8. The van der Waals surface area contributed by atoms with Gasteiger partial charge in [0.25, 0.3) is 0 Å². The van der Waals surface area contributed by atoms with Crippen LogP contribution in [-0.4, -0.2) is 36.0 Å². The zero-order valence-electron chi connectivity index (χ0n) is 17.3. The molecule has 0 bridgehead atoms. The van der Waals surface area contributed by atoms with Crippen LogP contribution in [0.3, 0.4) is 0 Å². The average Bonchev–Trinajstić information content (AvgIpc) is 2.79. The molecule has 0 saturated carbocycles. The van der Waals surface area contributed by atoms with Crippen LogP contribution in [0.4, 0.5) is 0 Å². The third kappa shape index (κ3) is 5.37. The number of hydrogen-bond acceptors (Lipinski definition) is 6. The van der Waals surface area contributed by atoms with Gasteiger partial charge in [-0.15, -0.1) is 0 Å². The maximum Gasteiger partial charge on any atom is 0.192 e. The molecule has 1 radical (unpaired) electrons. The number of hydrogen-bond donors (Lipinski definition) is 2. The van der Waals surface area contributed by atoms with Crippen molar-refractivity contribution < 1.29 is 46.3 Å². The van der Waals surface area contributed by atoms with E-state index >= 15 is 0 Å². The number of carbonyl (C=O) groups is 2. The summed E-state index contributed by atoms with van der Waals surface area (Å²) in [7, 11) is 3.20. The summed E-state index contributed by atoms with van der Waals surface area (Å²) < 4.78 is 10.2. The number of fused-ring (bicyclic) bond motifs is 2. The topological polar surface area (TPSA) is 93.1 Å². The van der Waals surface area contributed by atoms with Crippen molar-refractivity contribution in [1.29, 1.82) is 0 Å². The van der Waals surface area contributed by atoms with Crippen molar-refractivity contribution in [3.05, 3.63) is 82.3 Å². The van der Waals surface area contributed by atoms with Crippen molar-refractivity contribution in [2.45, 2.75) is 25.7 Å². The van der Waals surface area contributed by atoms with Gasteiger partial charge in [-0.2, -0.15) is 0 Å². The number of methoxy groups -OCH3 is 2. The molecule has 0 spiro atoms. The van der Waals surface area contributed by atoms with Crippen molar-refractivity contribution in [1.82, 2.24) is 0 Å². The molecule has 0 atom stereocenters. The van der Waals surface area contributed by atoms with Gasteiger partial charge in [-0.05, 0) is 72.4 Å². The smallest absolute Gasteiger partial charge is 0.192 e. The molecule has 2 aliphatic rings. The second-order valence-electron chi connectivity index (χ2n) is 7.09. The van der Waals surface area contributed by atoms with E-state index in [1.165, 1.54) is 0 Å². The average molecular weight is 472 g/mol. The minimum Gasteiger partial charge on any atom is -0.516 e. The van der Waals surface area contributed by atoms with Gasteiger partial charge in [0.1, 0.15) is 11.5 Å². The summed E-state index contributed by atoms with van der Waals surface area (Å²) in [5, 5.41) is 17.8. The van der Waals surface area contributed by atoms with Gasteiger partial charge in [-0.25, -0.2) is 0 Å². The zero-order valence-corrected chi connectivity index (χ0v) is 18.2. The molecule has 2 aromatic rings. The first-order valence-corrected chi connectivity index (χ1v) is 9.57. The number of aliphatic hydroxyl groups is 2. The third-order valence-corrected chi connectivity index (χ3v) is 5.27. The predicted molar refractivity (Wildman–Crippen MR) is 113 cm³/mol. The van der Waals surface area contributed by atoms with Gasteiger partial charge in [-0.1, -0.05) is 0 Å². The van der Waals surface area contributed by atoms with Crippen LogP contribution in [0.1, 0.15) is 44.7 Å². The monoisotopic (exact) mass is 471 g/mol. The molecule has 0 heterocycles. The number of aliphatic hydroxyl groups excluding tert-OH is 2. The van der Waals surface area contributed by atoms with Crippen molar-refractivity contribution in [3.8, 4) is 11.5 Å². The van der Waals surface area contributed by atoms with Crippen LogP contribution in [0.25, 0.3) is 0 Å². The first kappa shape index (κ1) is 24.3. The molecule has 0 saturated heterocycles. The Balaban J connectivity index is 0.000000213. The summed E-state index contributed by atoms with van der Waals surface area (Å²) in [5.74, 6) is 1.47. The van der Waals surface area contributed by atoms with E-state index in [4.69, 9.17) is 19.7 Å². The van der Waals surface area contributed by atoms with E-state index in [-0.39, 0.29) is 28.6 Å². The van der Waals surface area contributed by atoms with Gasteiger partial charge in [0.2, 0.25) is 0 Å². The van der Waals surface area contributed by atoms with Crippen LogP contribution in [0.5, 0.6) is 11.5 Å². The molecule has 2 aromatic carbocycles. The molecule has 6 nitrogen and oxygen atoms in total. The Labute approximate surface area is 191 Å². The SMILES string of the molecule is COc1ccc2c(c1)C/C(=C\O)CC2=O.COc1ccc2c(c1)CC/C(=C/O)C2=O.[Cu]. The fourth-order valence-electron chi connectivity index (χ4n) is 3.62. The summed E-state index contributed by atoms with van der Waals surface area (Å²) in [5.41, 5.74) is 4.55. The first-order valence-electron chi connectivity index (χ1n) is 9.57. The van der Waals surface area contributed by atoms with E-state index in [0.717, 1.165) is 52.7 Å². The second kappa shape index (κ2) is 10.8. The largest absolute Gasteiger partial charge is 0.516 e. The van der Waals surface area contributed by atoms with Gasteiger partial charge in [0.15, 0.2) is 11.6 Å². The number of Topliss-reactive ketones (excluding diaryl/α,β-unsaturated/α-hetero) is 2. The molecule has 31 heavy (non-hydrogen) atoms. The Morgan fingerprint density at radius 2 is 1.42 bits per heavy atom. The van der Waals surface area contributed by atoms with Crippen molar-refractivity contribution in [2.75, 3.05) is 14.2 Å². The summed E-state index contributed by atoms with van der Waals surface area (Å²) in [6.07, 6.45) is 4.24. The Hall–Kier alpha value is -3.02. The quantitative estimate of drug-likeness (QED) is 0.379. The third-order valence-electron chi connectivity index (χ3n) is 5.27. The van der Waals surface area contributed by atoms with Crippen molar-refractivity contribution in [2.24, 2.45) is 0 Å². The minimum absolute atomic E-state index is 0. The molecular formula is C24H24CuO6. The van der Waals surface area contributed by atoms with Gasteiger partial charge in [-0.3, -0.25) is 9.59 Å². The van der Waals surface area contributed by atoms with E-state index in [0.29, 0.717) is 30.4 Å².